The van der Waals surface area contributed by atoms with Gasteiger partial charge in [0.15, 0.2) is 0 Å². The molecule has 1 fully saturated rings. The van der Waals surface area contributed by atoms with E-state index in [2.05, 4.69) is 18.7 Å². The van der Waals surface area contributed by atoms with Crippen LogP contribution < -0.4 is 0 Å². The number of ether oxygens (including phenoxy) is 1. The van der Waals surface area contributed by atoms with Crippen molar-refractivity contribution in [3.05, 3.63) is 0 Å². The number of rotatable bonds is 5. The predicted octanol–water partition coefficient (Wildman–Crippen LogP) is 1.35. The highest BCUT2D eigenvalue weighted by Crippen LogP contribution is 2.15. The molecule has 4 nitrogen and oxygen atoms in total. The Kier molecular flexibility index (Phi) is 5.05. The van der Waals surface area contributed by atoms with E-state index in [0.717, 1.165) is 25.9 Å². The monoisotopic (exact) mass is 215 g/mol. The Hall–Kier alpha value is -0.610. The van der Waals surface area contributed by atoms with Gasteiger partial charge in [0.05, 0.1) is 19.1 Å². The van der Waals surface area contributed by atoms with Gasteiger partial charge in [-0.1, -0.05) is 0 Å². The van der Waals surface area contributed by atoms with Crippen molar-refractivity contribution in [2.75, 3.05) is 19.7 Å². The zero-order valence-electron chi connectivity index (χ0n) is 9.61. The Balaban J connectivity index is 2.12. The average Bonchev–Trinajstić information content (AvgIpc) is 2.18. The quantitative estimate of drug-likeness (QED) is 0.752. The molecule has 1 saturated heterocycles. The summed E-state index contributed by atoms with van der Waals surface area (Å²) in [5.41, 5.74) is 0. The maximum absolute atomic E-state index is 10.3. The number of carboxylic acid groups (broad SMARTS) is 1. The van der Waals surface area contributed by atoms with Crippen molar-refractivity contribution in [3.63, 3.8) is 0 Å². The zero-order chi connectivity index (χ0) is 11.3. The van der Waals surface area contributed by atoms with Crippen LogP contribution in [0.3, 0.4) is 0 Å². The second-order valence-corrected chi connectivity index (χ2v) is 4.34. The lowest BCUT2D eigenvalue weighted by Crippen LogP contribution is -2.41. The topological polar surface area (TPSA) is 49.8 Å². The van der Waals surface area contributed by atoms with E-state index in [9.17, 15) is 4.79 Å². The summed E-state index contributed by atoms with van der Waals surface area (Å²) in [5, 5.41) is 8.47. The van der Waals surface area contributed by atoms with Gasteiger partial charge in [-0.2, -0.15) is 0 Å². The van der Waals surface area contributed by atoms with Crippen molar-refractivity contribution >= 4 is 5.97 Å². The molecule has 0 bridgehead atoms. The number of carbonyl (C=O) groups is 1. The minimum absolute atomic E-state index is 0.115. The molecule has 0 saturated carbocycles. The van der Waals surface area contributed by atoms with Gasteiger partial charge in [0.25, 0.3) is 0 Å². The van der Waals surface area contributed by atoms with Crippen LogP contribution in [0.1, 0.15) is 33.1 Å². The van der Waals surface area contributed by atoms with E-state index in [1.54, 1.807) is 0 Å². The highest BCUT2D eigenvalue weighted by atomic mass is 16.5. The normalized spacial score (nSPS) is 19.7. The third-order valence-corrected chi connectivity index (χ3v) is 2.88. The summed E-state index contributed by atoms with van der Waals surface area (Å²) in [6, 6.07) is 0.602. The van der Waals surface area contributed by atoms with E-state index in [-0.39, 0.29) is 12.5 Å². The Morgan fingerprint density at radius 1 is 1.47 bits per heavy atom. The number of carboxylic acids is 1. The summed E-state index contributed by atoms with van der Waals surface area (Å²) in [5.74, 6) is -0.783. The van der Waals surface area contributed by atoms with Crippen molar-refractivity contribution in [2.24, 2.45) is 0 Å². The van der Waals surface area contributed by atoms with Gasteiger partial charge in [-0.15, -0.1) is 0 Å². The first kappa shape index (κ1) is 12.5. The molecule has 1 heterocycles. The first-order chi connectivity index (χ1) is 7.09. The Morgan fingerprint density at radius 2 is 2.07 bits per heavy atom. The summed E-state index contributed by atoms with van der Waals surface area (Å²) < 4.78 is 5.51. The first-order valence-corrected chi connectivity index (χ1v) is 5.67. The second kappa shape index (κ2) is 6.08. The summed E-state index contributed by atoms with van der Waals surface area (Å²) in [7, 11) is 0. The highest BCUT2D eigenvalue weighted by molar-refractivity contribution is 5.66. The van der Waals surface area contributed by atoms with Gasteiger partial charge in [-0.25, -0.2) is 0 Å². The lowest BCUT2D eigenvalue weighted by Gasteiger charge is -2.34. The summed E-state index contributed by atoms with van der Waals surface area (Å²) in [4.78, 5) is 12.7. The van der Waals surface area contributed by atoms with Gasteiger partial charge >= 0.3 is 5.97 Å². The fourth-order valence-corrected chi connectivity index (χ4v) is 1.87. The van der Waals surface area contributed by atoms with E-state index in [4.69, 9.17) is 9.84 Å². The molecule has 0 aromatic rings. The molecule has 0 aliphatic carbocycles. The summed E-state index contributed by atoms with van der Waals surface area (Å²) >= 11 is 0. The van der Waals surface area contributed by atoms with Crippen LogP contribution in [0.25, 0.3) is 0 Å². The smallest absolute Gasteiger partial charge is 0.305 e. The van der Waals surface area contributed by atoms with Crippen LogP contribution in [0.5, 0.6) is 0 Å². The van der Waals surface area contributed by atoms with Crippen LogP contribution in [0.2, 0.25) is 0 Å². The maximum atomic E-state index is 10.3. The molecule has 0 atom stereocenters. The molecule has 0 spiro atoms. The number of nitrogens with zero attached hydrogens (tertiary/aromatic N) is 1. The Morgan fingerprint density at radius 3 is 2.53 bits per heavy atom. The molecule has 1 rings (SSSR count). The van der Waals surface area contributed by atoms with Gasteiger partial charge < -0.3 is 14.7 Å². The van der Waals surface area contributed by atoms with Crippen LogP contribution in [0, 0.1) is 0 Å². The Bertz CT molecular complexity index is 198. The second-order valence-electron chi connectivity index (χ2n) is 4.34. The molecule has 0 unspecified atom stereocenters. The number of piperidine rings is 1. The molecule has 88 valence electrons. The molecule has 0 aromatic carbocycles. The molecule has 1 aliphatic rings. The van der Waals surface area contributed by atoms with Crippen molar-refractivity contribution < 1.29 is 14.6 Å². The molecule has 1 aliphatic heterocycles. The van der Waals surface area contributed by atoms with Crippen LogP contribution in [0.4, 0.5) is 0 Å². The number of hydrogen-bond acceptors (Lipinski definition) is 3. The third-order valence-electron chi connectivity index (χ3n) is 2.88. The SMILES string of the molecule is CC(C)N1CCC(OCCC(=O)O)CC1. The van der Waals surface area contributed by atoms with Crippen molar-refractivity contribution in [2.45, 2.75) is 45.3 Å². The molecule has 4 heteroatoms. The van der Waals surface area contributed by atoms with Gasteiger partial charge in [0.2, 0.25) is 0 Å². The van der Waals surface area contributed by atoms with E-state index < -0.39 is 5.97 Å². The third kappa shape index (κ3) is 4.62. The van der Waals surface area contributed by atoms with Crippen molar-refractivity contribution in [1.29, 1.82) is 0 Å². The summed E-state index contributed by atoms with van der Waals surface area (Å²) in [6.07, 6.45) is 2.43. The average molecular weight is 215 g/mol. The zero-order valence-corrected chi connectivity index (χ0v) is 9.61. The molecule has 0 amide bonds. The van der Waals surface area contributed by atoms with Gasteiger partial charge in [0, 0.05) is 19.1 Å². The highest BCUT2D eigenvalue weighted by Gasteiger charge is 2.21. The van der Waals surface area contributed by atoms with E-state index in [1.165, 1.54) is 0 Å². The minimum Gasteiger partial charge on any atom is -0.481 e. The predicted molar refractivity (Wildman–Crippen MR) is 57.9 cm³/mol. The van der Waals surface area contributed by atoms with Gasteiger partial charge in [0.1, 0.15) is 0 Å². The summed E-state index contributed by atoms with van der Waals surface area (Å²) in [6.45, 7) is 6.88. The van der Waals surface area contributed by atoms with E-state index in [1.807, 2.05) is 0 Å². The van der Waals surface area contributed by atoms with Crippen molar-refractivity contribution in [1.82, 2.24) is 4.90 Å². The van der Waals surface area contributed by atoms with Crippen LogP contribution in [-0.2, 0) is 9.53 Å². The number of aliphatic carboxylic acids is 1. The first-order valence-electron chi connectivity index (χ1n) is 5.67. The molecule has 0 aromatic heterocycles. The maximum Gasteiger partial charge on any atom is 0.305 e. The fraction of sp³-hybridized carbons (Fsp3) is 0.909. The minimum atomic E-state index is -0.783. The van der Waals surface area contributed by atoms with Crippen LogP contribution >= 0.6 is 0 Å². The number of likely N-dealkylation sites (tertiary alicyclic amines) is 1. The Labute approximate surface area is 91.2 Å². The van der Waals surface area contributed by atoms with E-state index in [0.29, 0.717) is 12.6 Å². The molecule has 0 radical (unpaired) electrons. The van der Waals surface area contributed by atoms with Crippen molar-refractivity contribution in [3.8, 4) is 0 Å². The van der Waals surface area contributed by atoms with Crippen LogP contribution in [0.15, 0.2) is 0 Å². The fourth-order valence-electron chi connectivity index (χ4n) is 1.87. The molecule has 15 heavy (non-hydrogen) atoms. The standard InChI is InChI=1S/C11H21NO3/c1-9(2)12-6-3-10(4-7-12)15-8-5-11(13)14/h9-10H,3-8H2,1-2H3,(H,13,14). The van der Waals surface area contributed by atoms with E-state index >= 15 is 0 Å². The lowest BCUT2D eigenvalue weighted by atomic mass is 10.1. The van der Waals surface area contributed by atoms with Crippen LogP contribution in [-0.4, -0.2) is 47.8 Å². The molecular formula is C11H21NO3. The van der Waals surface area contributed by atoms with Gasteiger partial charge in [-0.3, -0.25) is 4.79 Å². The number of hydrogen-bond donors (Lipinski definition) is 1. The largest absolute Gasteiger partial charge is 0.481 e. The molecular weight excluding hydrogens is 194 g/mol. The van der Waals surface area contributed by atoms with Gasteiger partial charge in [-0.05, 0) is 26.7 Å². The molecule has 1 N–H and O–H groups in total. The lowest BCUT2D eigenvalue weighted by molar-refractivity contribution is -0.138.